The zero-order chi connectivity index (χ0) is 14.3. The van der Waals surface area contributed by atoms with Crippen molar-refractivity contribution in [3.63, 3.8) is 0 Å². The molecule has 0 amide bonds. The molecule has 1 aliphatic heterocycles. The van der Waals surface area contributed by atoms with Crippen LogP contribution in [0.5, 0.6) is 0 Å². The smallest absolute Gasteiger partial charge is 0.203 e. The molecular formula is C13H16Cl2N4S. The highest BCUT2D eigenvalue weighted by Crippen LogP contribution is 2.22. The molecule has 0 saturated carbocycles. The van der Waals surface area contributed by atoms with Crippen LogP contribution in [0.4, 0.5) is 0 Å². The second kappa shape index (κ2) is 5.64. The fourth-order valence-corrected chi connectivity index (χ4v) is 3.49. The van der Waals surface area contributed by atoms with Crippen molar-refractivity contribution in [3.05, 3.63) is 27.1 Å². The predicted molar refractivity (Wildman–Crippen MR) is 84.0 cm³/mol. The van der Waals surface area contributed by atoms with Gasteiger partial charge in [0.2, 0.25) is 4.77 Å². The zero-order valence-electron chi connectivity index (χ0n) is 11.2. The fraction of sp³-hybridized carbons (Fsp3) is 0.538. The summed E-state index contributed by atoms with van der Waals surface area (Å²) in [7, 11) is 0. The second-order valence-electron chi connectivity index (χ2n) is 5.45. The third kappa shape index (κ3) is 2.72. The summed E-state index contributed by atoms with van der Waals surface area (Å²) in [5.74, 6) is 0.730. The van der Waals surface area contributed by atoms with Crippen molar-refractivity contribution in [2.75, 3.05) is 13.1 Å². The first-order valence-corrected chi connectivity index (χ1v) is 7.87. The normalized spacial score (nSPS) is 20.6. The molecule has 4 nitrogen and oxygen atoms in total. The number of aromatic nitrogens is 3. The molecular weight excluding hydrogens is 315 g/mol. The maximum absolute atomic E-state index is 6.17. The molecule has 0 radical (unpaired) electrons. The van der Waals surface area contributed by atoms with E-state index in [0.29, 0.717) is 27.1 Å². The van der Waals surface area contributed by atoms with E-state index in [1.807, 2.05) is 4.68 Å². The summed E-state index contributed by atoms with van der Waals surface area (Å²) in [6, 6.07) is 1.69. The van der Waals surface area contributed by atoms with Gasteiger partial charge in [0.25, 0.3) is 0 Å². The van der Waals surface area contributed by atoms with Gasteiger partial charge in [-0.2, -0.15) is 0 Å². The third-order valence-electron chi connectivity index (χ3n) is 3.68. The highest BCUT2D eigenvalue weighted by Gasteiger charge is 2.18. The Balaban J connectivity index is 1.94. The van der Waals surface area contributed by atoms with Gasteiger partial charge in [0, 0.05) is 12.7 Å². The van der Waals surface area contributed by atoms with E-state index in [0.717, 1.165) is 19.0 Å². The lowest BCUT2D eigenvalue weighted by molar-refractivity contribution is 0.138. The van der Waals surface area contributed by atoms with E-state index >= 15 is 0 Å². The van der Waals surface area contributed by atoms with Crippen LogP contribution < -0.4 is 0 Å². The number of rotatable bonds is 2. The Kier molecular flexibility index (Phi) is 4.04. The number of piperidine rings is 1. The maximum Gasteiger partial charge on any atom is 0.203 e. The van der Waals surface area contributed by atoms with Gasteiger partial charge in [0.05, 0.1) is 16.7 Å². The van der Waals surface area contributed by atoms with Crippen LogP contribution >= 0.6 is 35.4 Å². The highest BCUT2D eigenvalue weighted by molar-refractivity contribution is 7.71. The summed E-state index contributed by atoms with van der Waals surface area (Å²) in [6.07, 6.45) is 4.29. The first kappa shape index (κ1) is 14.3. The minimum Gasteiger partial charge on any atom is -0.284 e. The molecule has 0 spiro atoms. The second-order valence-corrected chi connectivity index (χ2v) is 6.66. The molecule has 1 fully saturated rings. The Hall–Kier alpha value is -0.620. The molecule has 0 aliphatic carbocycles. The highest BCUT2D eigenvalue weighted by atomic mass is 35.5. The van der Waals surface area contributed by atoms with E-state index in [-0.39, 0.29) is 0 Å². The van der Waals surface area contributed by atoms with Crippen molar-refractivity contribution in [3.8, 4) is 0 Å². The third-order valence-corrected chi connectivity index (χ3v) is 4.57. The van der Waals surface area contributed by atoms with Crippen LogP contribution in [0, 0.1) is 10.7 Å². The van der Waals surface area contributed by atoms with E-state index < -0.39 is 0 Å². The van der Waals surface area contributed by atoms with Gasteiger partial charge < -0.3 is 0 Å². The van der Waals surface area contributed by atoms with Crippen molar-refractivity contribution in [1.29, 1.82) is 0 Å². The van der Waals surface area contributed by atoms with Crippen molar-refractivity contribution < 1.29 is 0 Å². The summed E-state index contributed by atoms with van der Waals surface area (Å²) < 4.78 is 4.22. The summed E-state index contributed by atoms with van der Waals surface area (Å²) in [6.45, 7) is 5.17. The van der Waals surface area contributed by atoms with Gasteiger partial charge in [-0.25, -0.2) is 4.68 Å². The van der Waals surface area contributed by atoms with Gasteiger partial charge in [-0.15, -0.1) is 5.10 Å². The number of hydrogen-bond donors (Lipinski definition) is 0. The van der Waals surface area contributed by atoms with Gasteiger partial charge in [0.1, 0.15) is 0 Å². The lowest BCUT2D eigenvalue weighted by Crippen LogP contribution is -2.36. The van der Waals surface area contributed by atoms with Crippen LogP contribution in [0.25, 0.3) is 5.65 Å². The van der Waals surface area contributed by atoms with Crippen molar-refractivity contribution >= 4 is 41.1 Å². The minimum atomic E-state index is 0.523. The van der Waals surface area contributed by atoms with Crippen molar-refractivity contribution in [1.82, 2.24) is 19.1 Å². The largest absolute Gasteiger partial charge is 0.284 e. The van der Waals surface area contributed by atoms with E-state index in [2.05, 4.69) is 16.9 Å². The van der Waals surface area contributed by atoms with Gasteiger partial charge in [0.15, 0.2) is 5.65 Å². The maximum atomic E-state index is 6.17. The van der Waals surface area contributed by atoms with Gasteiger partial charge in [-0.1, -0.05) is 30.1 Å². The van der Waals surface area contributed by atoms with Crippen molar-refractivity contribution in [2.24, 2.45) is 5.92 Å². The number of fused-ring (bicyclic) bond motifs is 1. The van der Waals surface area contributed by atoms with Crippen LogP contribution in [0.1, 0.15) is 19.8 Å². The quantitative estimate of drug-likeness (QED) is 0.782. The van der Waals surface area contributed by atoms with E-state index in [1.165, 1.54) is 12.8 Å². The number of nitrogens with zero attached hydrogens (tertiary/aromatic N) is 4. The summed E-state index contributed by atoms with van der Waals surface area (Å²) in [5, 5.41) is 5.60. The Labute approximate surface area is 132 Å². The predicted octanol–water partition coefficient (Wildman–Crippen LogP) is 3.86. The Bertz CT molecular complexity index is 693. The molecule has 2 aromatic rings. The van der Waals surface area contributed by atoms with Crippen LogP contribution in [0.15, 0.2) is 12.3 Å². The molecule has 3 heterocycles. The molecule has 0 bridgehead atoms. The van der Waals surface area contributed by atoms with Crippen LogP contribution in [-0.2, 0) is 6.67 Å². The SMILES string of the molecule is CC1CCCN(Cn2nc3c(Cl)cc(Cl)cn3c2=S)C1. The fourth-order valence-electron chi connectivity index (χ4n) is 2.74. The molecule has 0 aromatic carbocycles. The standard InChI is InChI=1S/C13H16Cl2N4S/c1-9-3-2-4-17(6-9)8-19-13(20)18-7-10(14)5-11(15)12(18)16-19/h5,7,9H,2-4,6,8H2,1H3. The Morgan fingerprint density at radius 3 is 3.00 bits per heavy atom. The Morgan fingerprint density at radius 1 is 1.45 bits per heavy atom. The molecule has 1 atom stereocenters. The van der Waals surface area contributed by atoms with Crippen LogP contribution in [-0.4, -0.2) is 32.2 Å². The lowest BCUT2D eigenvalue weighted by atomic mass is 10.0. The van der Waals surface area contributed by atoms with E-state index in [4.69, 9.17) is 35.4 Å². The number of hydrogen-bond acceptors (Lipinski definition) is 3. The van der Waals surface area contributed by atoms with E-state index in [1.54, 1.807) is 16.7 Å². The zero-order valence-corrected chi connectivity index (χ0v) is 13.5. The average Bonchev–Trinajstić information content (AvgIpc) is 2.68. The number of halogens is 2. The summed E-state index contributed by atoms with van der Waals surface area (Å²) in [5.41, 5.74) is 0.658. The van der Waals surface area contributed by atoms with Gasteiger partial charge in [-0.3, -0.25) is 9.30 Å². The molecule has 1 saturated heterocycles. The van der Waals surface area contributed by atoms with Crippen molar-refractivity contribution in [2.45, 2.75) is 26.4 Å². The molecule has 3 rings (SSSR count). The number of likely N-dealkylation sites (tertiary alicyclic amines) is 1. The van der Waals surface area contributed by atoms with E-state index in [9.17, 15) is 0 Å². The van der Waals surface area contributed by atoms with Gasteiger partial charge in [-0.05, 0) is 43.6 Å². The van der Waals surface area contributed by atoms with Crippen LogP contribution in [0.2, 0.25) is 10.0 Å². The molecule has 0 N–H and O–H groups in total. The first-order valence-electron chi connectivity index (χ1n) is 6.71. The minimum absolute atomic E-state index is 0.523. The first-order chi connectivity index (χ1) is 9.54. The average molecular weight is 331 g/mol. The summed E-state index contributed by atoms with van der Waals surface area (Å²) >= 11 is 17.7. The number of pyridine rings is 1. The molecule has 20 heavy (non-hydrogen) atoms. The van der Waals surface area contributed by atoms with Crippen LogP contribution in [0.3, 0.4) is 0 Å². The molecule has 1 unspecified atom stereocenters. The van der Waals surface area contributed by atoms with Gasteiger partial charge >= 0.3 is 0 Å². The lowest BCUT2D eigenvalue weighted by Gasteiger charge is -2.30. The molecule has 7 heteroatoms. The molecule has 108 valence electrons. The molecule has 2 aromatic heterocycles. The monoisotopic (exact) mass is 330 g/mol. The Morgan fingerprint density at radius 2 is 2.25 bits per heavy atom. The summed E-state index contributed by atoms with van der Waals surface area (Å²) in [4.78, 5) is 2.38. The topological polar surface area (TPSA) is 25.5 Å². The molecule has 1 aliphatic rings.